The summed E-state index contributed by atoms with van der Waals surface area (Å²) in [7, 11) is 0. The van der Waals surface area contributed by atoms with Gasteiger partial charge in [-0.2, -0.15) is 0 Å². The second kappa shape index (κ2) is 2.68. The fourth-order valence-electron chi connectivity index (χ4n) is 3.74. The Kier molecular flexibility index (Phi) is 1.79. The molecule has 0 amide bonds. The topological polar surface area (TPSA) is 48.1 Å². The van der Waals surface area contributed by atoms with Crippen LogP contribution in [0.4, 0.5) is 0 Å². The Morgan fingerprint density at radius 3 is 2.19 bits per heavy atom. The molecule has 2 aliphatic heterocycles. The zero-order valence-corrected chi connectivity index (χ0v) is 10.0. The highest BCUT2D eigenvalue weighted by Crippen LogP contribution is 2.67. The Bertz CT molecular complexity index is 345. The van der Waals surface area contributed by atoms with Crippen LogP contribution in [0.2, 0.25) is 0 Å². The molecular weight excluding hydrogens is 208 g/mol. The number of epoxide rings is 1. The number of carbonyl (C=O) groups is 1. The van der Waals surface area contributed by atoms with Gasteiger partial charge in [-0.15, -0.1) is 0 Å². The molecular formula is C12H18O4. The predicted molar refractivity (Wildman–Crippen MR) is 55.9 cm³/mol. The van der Waals surface area contributed by atoms with E-state index in [1.54, 1.807) is 0 Å². The van der Waals surface area contributed by atoms with E-state index < -0.39 is 17.0 Å². The summed E-state index contributed by atoms with van der Waals surface area (Å²) in [6.45, 7) is 7.37. The number of hydrogen-bond acceptors (Lipinski definition) is 4. The number of aldehydes is 1. The average Bonchev–Trinajstić information content (AvgIpc) is 2.56. The molecule has 0 radical (unpaired) electrons. The first kappa shape index (κ1) is 10.7. The van der Waals surface area contributed by atoms with Crippen LogP contribution < -0.4 is 0 Å². The van der Waals surface area contributed by atoms with Gasteiger partial charge in [0.2, 0.25) is 0 Å². The summed E-state index contributed by atoms with van der Waals surface area (Å²) < 4.78 is 17.3. The number of rotatable bonds is 1. The number of carbonyl (C=O) groups excluding carboxylic acids is 1. The van der Waals surface area contributed by atoms with E-state index in [2.05, 4.69) is 13.8 Å². The fraction of sp³-hybridized carbons (Fsp3) is 0.917. The normalized spacial score (nSPS) is 47.7. The highest BCUT2D eigenvalue weighted by Gasteiger charge is 2.79. The molecule has 0 aromatic rings. The van der Waals surface area contributed by atoms with E-state index in [4.69, 9.17) is 14.2 Å². The van der Waals surface area contributed by atoms with Gasteiger partial charge in [-0.25, -0.2) is 0 Å². The molecule has 2 atom stereocenters. The molecule has 2 heterocycles. The van der Waals surface area contributed by atoms with Crippen LogP contribution in [0.1, 0.15) is 33.6 Å². The second-order valence-electron chi connectivity index (χ2n) is 6.03. The highest BCUT2D eigenvalue weighted by molar-refractivity contribution is 5.72. The van der Waals surface area contributed by atoms with Crippen molar-refractivity contribution in [2.75, 3.05) is 13.2 Å². The minimum atomic E-state index is -0.638. The smallest absolute Gasteiger partial charge is 0.172 e. The maximum atomic E-state index is 11.3. The lowest BCUT2D eigenvalue weighted by Crippen LogP contribution is -2.54. The lowest BCUT2D eigenvalue weighted by molar-refractivity contribution is -0.202. The zero-order valence-electron chi connectivity index (χ0n) is 10.0. The molecule has 0 aromatic heterocycles. The Morgan fingerprint density at radius 2 is 1.69 bits per heavy atom. The highest BCUT2D eigenvalue weighted by atomic mass is 16.7. The number of hydrogen-bond donors (Lipinski definition) is 0. The van der Waals surface area contributed by atoms with Crippen molar-refractivity contribution in [3.63, 3.8) is 0 Å². The summed E-state index contributed by atoms with van der Waals surface area (Å²) in [5.74, 6) is -0.527. The van der Waals surface area contributed by atoms with Crippen molar-refractivity contribution in [3.05, 3.63) is 0 Å². The standard InChI is InChI=1S/C12H18O4/c1-9(2)6-11(14-4-5-15-11)7-10(3)12(9,8-13)16-10/h8H,4-7H2,1-3H3/t10-,12+/m1/s1. The second-order valence-corrected chi connectivity index (χ2v) is 6.03. The molecule has 3 aliphatic rings. The third-order valence-corrected chi connectivity index (χ3v) is 4.43. The Balaban J connectivity index is 1.98. The molecule has 3 fully saturated rings. The van der Waals surface area contributed by atoms with Crippen molar-refractivity contribution in [2.24, 2.45) is 5.41 Å². The number of ether oxygens (including phenoxy) is 3. The monoisotopic (exact) mass is 226 g/mol. The summed E-state index contributed by atoms with van der Waals surface area (Å²) in [5, 5.41) is 0. The first-order valence-electron chi connectivity index (χ1n) is 5.83. The molecule has 0 N–H and O–H groups in total. The van der Waals surface area contributed by atoms with E-state index in [0.717, 1.165) is 6.29 Å². The van der Waals surface area contributed by atoms with Gasteiger partial charge in [-0.3, -0.25) is 4.79 Å². The zero-order chi connectivity index (χ0) is 11.7. The third-order valence-electron chi connectivity index (χ3n) is 4.43. The Labute approximate surface area is 95.2 Å². The van der Waals surface area contributed by atoms with Crippen LogP contribution in [0, 0.1) is 5.41 Å². The van der Waals surface area contributed by atoms with Crippen LogP contribution in [-0.2, 0) is 19.0 Å². The minimum Gasteiger partial charge on any atom is -0.354 e. The van der Waals surface area contributed by atoms with Crippen LogP contribution in [0.25, 0.3) is 0 Å². The van der Waals surface area contributed by atoms with Crippen molar-refractivity contribution < 1.29 is 19.0 Å². The van der Waals surface area contributed by atoms with Crippen molar-refractivity contribution >= 4 is 6.29 Å². The SMILES string of the molecule is CC1(C)CC2(C[C@@]3(C)O[C@@]13C=O)OCCO2. The molecule has 0 aromatic carbocycles. The lowest BCUT2D eigenvalue weighted by Gasteiger charge is -2.43. The summed E-state index contributed by atoms with van der Waals surface area (Å²) in [4.78, 5) is 11.3. The molecule has 16 heavy (non-hydrogen) atoms. The van der Waals surface area contributed by atoms with Crippen LogP contribution in [0.3, 0.4) is 0 Å². The molecule has 1 saturated carbocycles. The molecule has 4 heteroatoms. The fourth-order valence-corrected chi connectivity index (χ4v) is 3.74. The molecule has 0 unspecified atom stereocenters. The quantitative estimate of drug-likeness (QED) is 0.499. The van der Waals surface area contributed by atoms with Gasteiger partial charge in [-0.05, 0) is 6.92 Å². The first-order valence-corrected chi connectivity index (χ1v) is 5.83. The van der Waals surface area contributed by atoms with Gasteiger partial charge in [0.1, 0.15) is 5.60 Å². The van der Waals surface area contributed by atoms with Gasteiger partial charge in [0.15, 0.2) is 17.7 Å². The van der Waals surface area contributed by atoms with Crippen molar-refractivity contribution in [2.45, 2.75) is 50.6 Å². The first-order chi connectivity index (χ1) is 7.39. The summed E-state index contributed by atoms with van der Waals surface area (Å²) >= 11 is 0. The van der Waals surface area contributed by atoms with Crippen molar-refractivity contribution in [1.82, 2.24) is 0 Å². The molecule has 4 nitrogen and oxygen atoms in total. The van der Waals surface area contributed by atoms with Crippen LogP contribution >= 0.6 is 0 Å². The average molecular weight is 226 g/mol. The summed E-state index contributed by atoms with van der Waals surface area (Å²) in [6.07, 6.45) is 2.34. The molecule has 1 spiro atoms. The molecule has 90 valence electrons. The van der Waals surface area contributed by atoms with Crippen molar-refractivity contribution in [3.8, 4) is 0 Å². The molecule has 3 rings (SSSR count). The summed E-state index contributed by atoms with van der Waals surface area (Å²) in [6, 6.07) is 0. The molecule has 2 saturated heterocycles. The summed E-state index contributed by atoms with van der Waals surface area (Å²) in [5.41, 5.74) is -1.30. The third kappa shape index (κ3) is 1.03. The van der Waals surface area contributed by atoms with Gasteiger partial charge in [0.25, 0.3) is 0 Å². The van der Waals surface area contributed by atoms with Crippen LogP contribution in [0.15, 0.2) is 0 Å². The van der Waals surface area contributed by atoms with E-state index in [0.29, 0.717) is 26.1 Å². The van der Waals surface area contributed by atoms with Crippen molar-refractivity contribution in [1.29, 1.82) is 0 Å². The predicted octanol–water partition coefficient (Wildman–Crippen LogP) is 1.28. The van der Waals surface area contributed by atoms with Gasteiger partial charge in [0, 0.05) is 18.3 Å². The van der Waals surface area contributed by atoms with E-state index in [-0.39, 0.29) is 5.41 Å². The molecule has 1 aliphatic carbocycles. The van der Waals surface area contributed by atoms with E-state index in [9.17, 15) is 4.79 Å². The largest absolute Gasteiger partial charge is 0.354 e. The Hall–Kier alpha value is -0.450. The van der Waals surface area contributed by atoms with E-state index in [1.807, 2.05) is 6.92 Å². The maximum Gasteiger partial charge on any atom is 0.172 e. The Morgan fingerprint density at radius 1 is 1.06 bits per heavy atom. The number of fused-ring (bicyclic) bond motifs is 1. The van der Waals surface area contributed by atoms with E-state index in [1.165, 1.54) is 0 Å². The molecule has 0 bridgehead atoms. The van der Waals surface area contributed by atoms with Gasteiger partial charge in [-0.1, -0.05) is 13.8 Å². The van der Waals surface area contributed by atoms with Gasteiger partial charge >= 0.3 is 0 Å². The van der Waals surface area contributed by atoms with Gasteiger partial charge < -0.3 is 14.2 Å². The van der Waals surface area contributed by atoms with E-state index >= 15 is 0 Å². The maximum absolute atomic E-state index is 11.3. The van der Waals surface area contributed by atoms with Crippen LogP contribution in [-0.4, -0.2) is 36.5 Å². The minimum absolute atomic E-state index is 0.244. The van der Waals surface area contributed by atoms with Gasteiger partial charge in [0.05, 0.1) is 13.2 Å². The lowest BCUT2D eigenvalue weighted by atomic mass is 9.62. The van der Waals surface area contributed by atoms with Crippen LogP contribution in [0.5, 0.6) is 0 Å².